The molecule has 0 aromatic heterocycles. The van der Waals surface area contributed by atoms with Crippen molar-refractivity contribution in [3.63, 3.8) is 0 Å². The Hall–Kier alpha value is 0.240. The molecule has 3 heteroatoms. The summed E-state index contributed by atoms with van der Waals surface area (Å²) >= 11 is 6.98. The van der Waals surface area contributed by atoms with Crippen LogP contribution in [0.4, 0.5) is 0 Å². The van der Waals surface area contributed by atoms with Gasteiger partial charge >= 0.3 is 0 Å². The lowest BCUT2D eigenvalue weighted by atomic mass is 9.73. The Labute approximate surface area is 130 Å². The van der Waals surface area contributed by atoms with Crippen molar-refractivity contribution in [1.29, 1.82) is 0 Å². The third-order valence-corrected chi connectivity index (χ3v) is 5.85. The monoisotopic (exact) mass is 304 g/mol. The van der Waals surface area contributed by atoms with Crippen LogP contribution in [0.15, 0.2) is 0 Å². The zero-order chi connectivity index (χ0) is 15.1. The molecule has 3 atom stereocenters. The lowest BCUT2D eigenvalue weighted by Gasteiger charge is -2.36. The minimum atomic E-state index is 0.447. The van der Waals surface area contributed by atoms with Gasteiger partial charge in [-0.15, -0.1) is 0 Å². The molecule has 1 rings (SSSR count). The summed E-state index contributed by atoms with van der Waals surface area (Å²) in [6.07, 6.45) is 4.02. The standard InChI is InChI=1S/C14H26OS2.C2H6/c1-6-11-8-9-12(14(11,4)5)10(3)17-13(16)15-7-2;1-2/h10-12H,6-9H2,1-5H3;1-2H3. The van der Waals surface area contributed by atoms with Gasteiger partial charge in [0.25, 0.3) is 0 Å². The van der Waals surface area contributed by atoms with Gasteiger partial charge in [0.1, 0.15) is 0 Å². The van der Waals surface area contributed by atoms with Crippen LogP contribution in [0.2, 0.25) is 0 Å². The summed E-state index contributed by atoms with van der Waals surface area (Å²) in [7, 11) is 0. The van der Waals surface area contributed by atoms with E-state index in [1.807, 2.05) is 20.8 Å². The number of hydrogen-bond donors (Lipinski definition) is 0. The lowest BCUT2D eigenvalue weighted by molar-refractivity contribution is 0.181. The quantitative estimate of drug-likeness (QED) is 0.597. The van der Waals surface area contributed by atoms with Crippen molar-refractivity contribution in [2.24, 2.45) is 17.3 Å². The Morgan fingerprint density at radius 3 is 2.32 bits per heavy atom. The van der Waals surface area contributed by atoms with E-state index in [0.717, 1.165) is 16.2 Å². The summed E-state index contributed by atoms with van der Waals surface area (Å²) in [4.78, 5) is 0. The zero-order valence-corrected chi connectivity index (χ0v) is 15.4. The first-order valence-corrected chi connectivity index (χ1v) is 9.05. The van der Waals surface area contributed by atoms with Gasteiger partial charge in [0, 0.05) is 5.25 Å². The highest BCUT2D eigenvalue weighted by Gasteiger charge is 2.44. The van der Waals surface area contributed by atoms with E-state index in [0.29, 0.717) is 17.3 Å². The molecule has 1 aliphatic rings. The van der Waals surface area contributed by atoms with Crippen LogP contribution in [-0.2, 0) is 4.74 Å². The second-order valence-corrected chi connectivity index (χ2v) is 7.60. The molecule has 0 N–H and O–H groups in total. The zero-order valence-electron chi connectivity index (χ0n) is 13.8. The first-order chi connectivity index (χ1) is 8.93. The molecular weight excluding hydrogens is 272 g/mol. The molecule has 0 radical (unpaired) electrons. The van der Waals surface area contributed by atoms with E-state index >= 15 is 0 Å². The summed E-state index contributed by atoms with van der Waals surface area (Å²) in [6.45, 7) is 16.2. The van der Waals surface area contributed by atoms with Crippen molar-refractivity contribution in [3.05, 3.63) is 0 Å². The molecule has 0 saturated heterocycles. The number of ether oxygens (including phenoxy) is 1. The van der Waals surface area contributed by atoms with Gasteiger partial charge in [-0.25, -0.2) is 0 Å². The van der Waals surface area contributed by atoms with E-state index in [9.17, 15) is 0 Å². The molecule has 3 unspecified atom stereocenters. The molecule has 0 aromatic rings. The number of thiocarbonyl (C=S) groups is 1. The van der Waals surface area contributed by atoms with Gasteiger partial charge in [0.05, 0.1) is 6.61 Å². The SMILES string of the molecule is CC.CCOC(=S)SC(C)C1CCC(CC)C1(C)C. The van der Waals surface area contributed by atoms with Crippen molar-refractivity contribution in [1.82, 2.24) is 0 Å². The average Bonchev–Trinajstić information content (AvgIpc) is 2.66. The van der Waals surface area contributed by atoms with E-state index in [1.165, 1.54) is 19.3 Å². The number of rotatable bonds is 4. The van der Waals surface area contributed by atoms with Gasteiger partial charge in [-0.3, -0.25) is 0 Å². The molecule has 19 heavy (non-hydrogen) atoms. The molecule has 0 heterocycles. The summed E-state index contributed by atoms with van der Waals surface area (Å²) < 4.78 is 6.11. The highest BCUT2D eigenvalue weighted by Crippen LogP contribution is 2.52. The Kier molecular flexibility index (Phi) is 9.34. The predicted molar refractivity (Wildman–Crippen MR) is 92.9 cm³/mol. The molecule has 0 amide bonds. The van der Waals surface area contributed by atoms with Crippen LogP contribution in [0.25, 0.3) is 0 Å². The highest BCUT2D eigenvalue weighted by atomic mass is 32.2. The van der Waals surface area contributed by atoms with Crippen LogP contribution in [0.5, 0.6) is 0 Å². The minimum absolute atomic E-state index is 0.447. The van der Waals surface area contributed by atoms with Crippen LogP contribution >= 0.6 is 24.0 Å². The van der Waals surface area contributed by atoms with Gasteiger partial charge in [0.2, 0.25) is 4.38 Å². The average molecular weight is 305 g/mol. The van der Waals surface area contributed by atoms with E-state index in [-0.39, 0.29) is 0 Å². The Morgan fingerprint density at radius 1 is 1.32 bits per heavy atom. The van der Waals surface area contributed by atoms with Crippen LogP contribution < -0.4 is 0 Å². The van der Waals surface area contributed by atoms with Crippen LogP contribution in [0, 0.1) is 17.3 Å². The summed E-state index contributed by atoms with van der Waals surface area (Å²) in [5, 5.41) is 0.570. The largest absolute Gasteiger partial charge is 0.479 e. The Morgan fingerprint density at radius 2 is 1.89 bits per heavy atom. The van der Waals surface area contributed by atoms with E-state index in [4.69, 9.17) is 17.0 Å². The number of thioether (sulfide) groups is 1. The molecule has 0 spiro atoms. The fourth-order valence-electron chi connectivity index (χ4n) is 3.38. The fourth-order valence-corrected chi connectivity index (χ4v) is 5.10. The number of hydrogen-bond acceptors (Lipinski definition) is 3. The van der Waals surface area contributed by atoms with Gasteiger partial charge in [0.15, 0.2) is 0 Å². The van der Waals surface area contributed by atoms with Crippen LogP contribution in [0.3, 0.4) is 0 Å². The second kappa shape index (κ2) is 9.23. The first kappa shape index (κ1) is 19.2. The third-order valence-electron chi connectivity index (χ3n) is 4.44. The van der Waals surface area contributed by atoms with Gasteiger partial charge < -0.3 is 4.74 Å². The van der Waals surface area contributed by atoms with Crippen molar-refractivity contribution < 1.29 is 4.74 Å². The smallest absolute Gasteiger partial charge is 0.220 e. The Bertz CT molecular complexity index is 263. The van der Waals surface area contributed by atoms with E-state index in [2.05, 4.69) is 27.7 Å². The maximum Gasteiger partial charge on any atom is 0.220 e. The normalized spacial score (nSPS) is 26.3. The van der Waals surface area contributed by atoms with Crippen LogP contribution in [0.1, 0.15) is 67.7 Å². The van der Waals surface area contributed by atoms with E-state index < -0.39 is 0 Å². The molecule has 0 bridgehead atoms. The second-order valence-electron chi connectivity index (χ2n) is 5.62. The van der Waals surface area contributed by atoms with Crippen molar-refractivity contribution in [2.75, 3.05) is 6.61 Å². The minimum Gasteiger partial charge on any atom is -0.479 e. The summed E-state index contributed by atoms with van der Waals surface area (Å²) in [5.41, 5.74) is 0.447. The lowest BCUT2D eigenvalue weighted by Crippen LogP contribution is -2.31. The van der Waals surface area contributed by atoms with Crippen molar-refractivity contribution >= 4 is 28.4 Å². The van der Waals surface area contributed by atoms with E-state index in [1.54, 1.807) is 11.8 Å². The Balaban J connectivity index is 0.00000154. The molecule has 1 nitrogen and oxygen atoms in total. The maximum absolute atomic E-state index is 5.39. The van der Waals surface area contributed by atoms with Crippen molar-refractivity contribution in [2.45, 2.75) is 73.0 Å². The third kappa shape index (κ3) is 5.26. The molecule has 0 aromatic carbocycles. The van der Waals surface area contributed by atoms with Gasteiger partial charge in [-0.1, -0.05) is 59.7 Å². The van der Waals surface area contributed by atoms with Gasteiger partial charge in [-0.2, -0.15) is 0 Å². The molecule has 0 aliphatic heterocycles. The first-order valence-electron chi connectivity index (χ1n) is 7.76. The molecule has 1 saturated carbocycles. The summed E-state index contributed by atoms with van der Waals surface area (Å²) in [6, 6.07) is 0. The summed E-state index contributed by atoms with van der Waals surface area (Å²) in [5.74, 6) is 1.63. The van der Waals surface area contributed by atoms with Crippen molar-refractivity contribution in [3.8, 4) is 0 Å². The molecule has 1 fully saturated rings. The topological polar surface area (TPSA) is 9.23 Å². The highest BCUT2D eigenvalue weighted by molar-refractivity contribution is 8.23. The maximum atomic E-state index is 5.39. The fraction of sp³-hybridized carbons (Fsp3) is 0.938. The van der Waals surface area contributed by atoms with Crippen LogP contribution in [-0.4, -0.2) is 16.2 Å². The predicted octanol–water partition coefficient (Wildman–Crippen LogP) is 5.92. The molecule has 114 valence electrons. The molecule has 1 aliphatic carbocycles. The molecular formula is C16H32OS2. The van der Waals surface area contributed by atoms with Gasteiger partial charge in [-0.05, 0) is 49.2 Å².